The maximum Gasteiger partial charge on any atom is 0.309 e. The Kier molecular flexibility index (Phi) is 4.38. The molecule has 0 saturated carbocycles. The SMILES string of the molecule is CN(C)CC1CC(O)CN1c1nc(CC(=O)O)cs1. The minimum absolute atomic E-state index is 0.0504. The highest BCUT2D eigenvalue weighted by molar-refractivity contribution is 7.13. The lowest BCUT2D eigenvalue weighted by atomic mass is 10.2. The third-order valence-corrected chi connectivity index (χ3v) is 4.01. The topological polar surface area (TPSA) is 76.9 Å². The van der Waals surface area contributed by atoms with Crippen LogP contribution >= 0.6 is 11.3 Å². The standard InChI is InChI=1S/C12H19N3O3S/c1-14(2)5-9-4-10(16)6-15(9)12-13-8(7-19-12)3-11(17)18/h7,9-10,16H,3-6H2,1-2H3,(H,17,18). The van der Waals surface area contributed by atoms with Crippen LogP contribution < -0.4 is 4.90 Å². The van der Waals surface area contributed by atoms with Gasteiger partial charge in [-0.05, 0) is 20.5 Å². The summed E-state index contributed by atoms with van der Waals surface area (Å²) >= 11 is 1.44. The van der Waals surface area contributed by atoms with Crippen molar-refractivity contribution in [3.63, 3.8) is 0 Å². The van der Waals surface area contributed by atoms with Gasteiger partial charge in [-0.3, -0.25) is 4.79 Å². The monoisotopic (exact) mass is 285 g/mol. The van der Waals surface area contributed by atoms with Crippen molar-refractivity contribution in [2.75, 3.05) is 32.1 Å². The summed E-state index contributed by atoms with van der Waals surface area (Å²) in [4.78, 5) is 19.2. The Morgan fingerprint density at radius 3 is 3.00 bits per heavy atom. The van der Waals surface area contributed by atoms with Crippen LogP contribution in [0.4, 0.5) is 5.13 Å². The van der Waals surface area contributed by atoms with E-state index in [-0.39, 0.29) is 18.6 Å². The van der Waals surface area contributed by atoms with Gasteiger partial charge in [0, 0.05) is 24.5 Å². The second-order valence-corrected chi connectivity index (χ2v) is 5.99. The van der Waals surface area contributed by atoms with E-state index in [1.165, 1.54) is 11.3 Å². The Hall–Kier alpha value is -1.18. The summed E-state index contributed by atoms with van der Waals surface area (Å²) in [5.74, 6) is -0.872. The van der Waals surface area contributed by atoms with Crippen molar-refractivity contribution in [1.29, 1.82) is 0 Å². The molecular weight excluding hydrogens is 266 g/mol. The van der Waals surface area contributed by atoms with E-state index in [0.29, 0.717) is 12.2 Å². The van der Waals surface area contributed by atoms with E-state index < -0.39 is 5.97 Å². The van der Waals surface area contributed by atoms with Gasteiger partial charge in [-0.25, -0.2) is 4.98 Å². The lowest BCUT2D eigenvalue weighted by molar-refractivity contribution is -0.136. The number of carbonyl (C=O) groups is 1. The molecule has 2 N–H and O–H groups in total. The Balaban J connectivity index is 2.10. The number of rotatable bonds is 5. The van der Waals surface area contributed by atoms with Gasteiger partial charge in [0.2, 0.25) is 0 Å². The van der Waals surface area contributed by atoms with Crippen molar-refractivity contribution in [3.8, 4) is 0 Å². The molecule has 0 bridgehead atoms. The van der Waals surface area contributed by atoms with E-state index in [2.05, 4.69) is 14.8 Å². The van der Waals surface area contributed by atoms with Crippen LogP contribution in [-0.2, 0) is 11.2 Å². The first-order chi connectivity index (χ1) is 8.95. The van der Waals surface area contributed by atoms with Crippen molar-refractivity contribution >= 4 is 22.4 Å². The fourth-order valence-electron chi connectivity index (χ4n) is 2.39. The molecule has 1 aliphatic rings. The number of anilines is 1. The number of aliphatic carboxylic acids is 1. The van der Waals surface area contributed by atoms with Crippen LogP contribution in [0.2, 0.25) is 0 Å². The minimum atomic E-state index is -0.872. The molecular formula is C12H19N3O3S. The van der Waals surface area contributed by atoms with Crippen molar-refractivity contribution in [2.45, 2.75) is 25.0 Å². The van der Waals surface area contributed by atoms with Gasteiger partial charge in [-0.15, -0.1) is 11.3 Å². The highest BCUT2D eigenvalue weighted by Crippen LogP contribution is 2.29. The van der Waals surface area contributed by atoms with E-state index in [9.17, 15) is 9.90 Å². The first-order valence-electron chi connectivity index (χ1n) is 6.21. The maximum absolute atomic E-state index is 10.7. The summed E-state index contributed by atoms with van der Waals surface area (Å²) in [6.45, 7) is 1.42. The molecule has 1 fully saturated rings. The zero-order chi connectivity index (χ0) is 14.0. The van der Waals surface area contributed by atoms with Crippen molar-refractivity contribution in [3.05, 3.63) is 11.1 Å². The van der Waals surface area contributed by atoms with Gasteiger partial charge in [-0.1, -0.05) is 0 Å². The molecule has 0 aliphatic carbocycles. The molecule has 1 saturated heterocycles. The van der Waals surface area contributed by atoms with Crippen molar-refractivity contribution in [1.82, 2.24) is 9.88 Å². The molecule has 0 spiro atoms. The van der Waals surface area contributed by atoms with Crippen LogP contribution in [0.3, 0.4) is 0 Å². The number of aromatic nitrogens is 1. The second-order valence-electron chi connectivity index (χ2n) is 5.15. The van der Waals surface area contributed by atoms with Crippen LogP contribution in [0.25, 0.3) is 0 Å². The van der Waals surface area contributed by atoms with Gasteiger partial charge in [-0.2, -0.15) is 0 Å². The number of carboxylic acids is 1. The number of aliphatic hydroxyl groups excluding tert-OH is 1. The van der Waals surface area contributed by atoms with Gasteiger partial charge in [0.25, 0.3) is 0 Å². The van der Waals surface area contributed by atoms with Gasteiger partial charge in [0.05, 0.1) is 18.2 Å². The molecule has 2 atom stereocenters. The number of hydrogen-bond donors (Lipinski definition) is 2. The number of thiazole rings is 1. The van der Waals surface area contributed by atoms with E-state index >= 15 is 0 Å². The zero-order valence-corrected chi connectivity index (χ0v) is 11.9. The minimum Gasteiger partial charge on any atom is -0.481 e. The predicted molar refractivity (Wildman–Crippen MR) is 73.8 cm³/mol. The van der Waals surface area contributed by atoms with Gasteiger partial charge < -0.3 is 20.0 Å². The lowest BCUT2D eigenvalue weighted by Crippen LogP contribution is -2.37. The molecule has 1 aromatic heterocycles. The third kappa shape index (κ3) is 3.65. The smallest absolute Gasteiger partial charge is 0.309 e. The highest BCUT2D eigenvalue weighted by atomic mass is 32.1. The van der Waals surface area contributed by atoms with Gasteiger partial charge >= 0.3 is 5.97 Å². The second kappa shape index (κ2) is 5.85. The Bertz CT molecular complexity index is 449. The average molecular weight is 285 g/mol. The van der Waals surface area contributed by atoms with Gasteiger partial charge in [0.1, 0.15) is 0 Å². The Morgan fingerprint density at radius 2 is 2.37 bits per heavy atom. The largest absolute Gasteiger partial charge is 0.481 e. The molecule has 6 nitrogen and oxygen atoms in total. The summed E-state index contributed by atoms with van der Waals surface area (Å²) in [6, 6.07) is 0.230. The quantitative estimate of drug-likeness (QED) is 0.809. The van der Waals surface area contributed by atoms with Crippen LogP contribution in [0, 0.1) is 0 Å². The van der Waals surface area contributed by atoms with Gasteiger partial charge in [0.15, 0.2) is 5.13 Å². The fraction of sp³-hybridized carbons (Fsp3) is 0.667. The molecule has 2 rings (SSSR count). The van der Waals surface area contributed by atoms with E-state index in [0.717, 1.165) is 18.1 Å². The summed E-state index contributed by atoms with van der Waals surface area (Å²) in [5, 5.41) is 21.2. The molecule has 0 radical (unpaired) electrons. The molecule has 1 aliphatic heterocycles. The summed E-state index contributed by atoms with van der Waals surface area (Å²) in [5.41, 5.74) is 0.581. The third-order valence-electron chi connectivity index (χ3n) is 3.09. The molecule has 0 amide bonds. The molecule has 106 valence electrons. The summed E-state index contributed by atoms with van der Waals surface area (Å²) < 4.78 is 0. The van der Waals surface area contributed by atoms with Crippen molar-refractivity contribution in [2.24, 2.45) is 0 Å². The Labute approximate surface area is 116 Å². The summed E-state index contributed by atoms with van der Waals surface area (Å²) in [6.07, 6.45) is 0.342. The number of β-amino-alcohol motifs (C(OH)–C–C–N with tert-alkyl or cyclic N) is 1. The van der Waals surface area contributed by atoms with E-state index in [1.807, 2.05) is 14.1 Å². The Morgan fingerprint density at radius 1 is 1.63 bits per heavy atom. The molecule has 1 aromatic rings. The highest BCUT2D eigenvalue weighted by Gasteiger charge is 2.32. The lowest BCUT2D eigenvalue weighted by Gasteiger charge is -2.26. The van der Waals surface area contributed by atoms with Crippen LogP contribution in [0.15, 0.2) is 5.38 Å². The summed E-state index contributed by atoms with van der Waals surface area (Å²) in [7, 11) is 4.00. The molecule has 7 heteroatoms. The van der Waals surface area contributed by atoms with Crippen LogP contribution in [-0.4, -0.2) is 65.4 Å². The first kappa shape index (κ1) is 14.2. The molecule has 0 aromatic carbocycles. The van der Waals surface area contributed by atoms with E-state index in [4.69, 9.17) is 5.11 Å². The van der Waals surface area contributed by atoms with Crippen LogP contribution in [0.1, 0.15) is 12.1 Å². The number of hydrogen-bond acceptors (Lipinski definition) is 6. The fourth-order valence-corrected chi connectivity index (χ4v) is 3.29. The van der Waals surface area contributed by atoms with Crippen molar-refractivity contribution < 1.29 is 15.0 Å². The number of carboxylic acid groups (broad SMARTS) is 1. The molecule has 2 heterocycles. The average Bonchev–Trinajstić information content (AvgIpc) is 2.83. The van der Waals surface area contributed by atoms with E-state index in [1.54, 1.807) is 5.38 Å². The number of nitrogens with zero attached hydrogens (tertiary/aromatic N) is 3. The number of likely N-dealkylation sites (N-methyl/N-ethyl adjacent to an activating group) is 1. The number of aliphatic hydroxyl groups is 1. The molecule has 2 unspecified atom stereocenters. The zero-order valence-electron chi connectivity index (χ0n) is 11.1. The van der Waals surface area contributed by atoms with Crippen LogP contribution in [0.5, 0.6) is 0 Å². The normalized spacial score (nSPS) is 23.3. The molecule has 19 heavy (non-hydrogen) atoms. The first-order valence-corrected chi connectivity index (χ1v) is 7.09. The predicted octanol–water partition coefficient (Wildman–Crippen LogP) is 0.271. The maximum atomic E-state index is 10.7.